The molecule has 3 aromatic rings. The molecule has 2 heterocycles. The fourth-order valence-corrected chi connectivity index (χ4v) is 4.29. The van der Waals surface area contributed by atoms with E-state index in [0.717, 1.165) is 64.8 Å². The van der Waals surface area contributed by atoms with Gasteiger partial charge in [0.15, 0.2) is 0 Å². The monoisotopic (exact) mass is 433 g/mol. The molecule has 0 unspecified atom stereocenters. The minimum atomic E-state index is 0.848. The van der Waals surface area contributed by atoms with Crippen LogP contribution in [-0.4, -0.2) is 60.9 Å². The van der Waals surface area contributed by atoms with Gasteiger partial charge in [0.25, 0.3) is 0 Å². The molecule has 2 aromatic carbocycles. The summed E-state index contributed by atoms with van der Waals surface area (Å²) in [4.78, 5) is 5.10. The predicted molar refractivity (Wildman–Crippen MR) is 129 cm³/mol. The molecule has 1 fully saturated rings. The summed E-state index contributed by atoms with van der Waals surface area (Å²) in [6.07, 6.45) is 2.18. The fourth-order valence-electron chi connectivity index (χ4n) is 4.29. The van der Waals surface area contributed by atoms with Crippen LogP contribution in [0.1, 0.15) is 22.4 Å². The summed E-state index contributed by atoms with van der Waals surface area (Å²) in [7, 11) is 1.72. The molecule has 0 aliphatic carbocycles. The van der Waals surface area contributed by atoms with Crippen LogP contribution in [0.2, 0.25) is 0 Å². The van der Waals surface area contributed by atoms with E-state index in [1.807, 2.05) is 6.07 Å². The Labute approximate surface area is 192 Å². The maximum absolute atomic E-state index is 5.52. The molecule has 0 N–H and O–H groups in total. The highest BCUT2D eigenvalue weighted by Crippen LogP contribution is 2.18. The lowest BCUT2D eigenvalue weighted by molar-refractivity contribution is 0.0323. The van der Waals surface area contributed by atoms with E-state index in [2.05, 4.69) is 82.1 Å². The zero-order valence-electron chi connectivity index (χ0n) is 19.4. The quantitative estimate of drug-likeness (QED) is 0.480. The third-order valence-corrected chi connectivity index (χ3v) is 6.29. The van der Waals surface area contributed by atoms with Crippen molar-refractivity contribution >= 4 is 0 Å². The van der Waals surface area contributed by atoms with E-state index in [-0.39, 0.29) is 0 Å². The molecule has 0 bridgehead atoms. The first-order valence-corrected chi connectivity index (χ1v) is 11.5. The van der Waals surface area contributed by atoms with Crippen molar-refractivity contribution < 1.29 is 9.47 Å². The molecule has 4 rings (SSSR count). The lowest BCUT2D eigenvalue weighted by Crippen LogP contribution is -2.41. The first kappa shape index (κ1) is 22.6. The van der Waals surface area contributed by atoms with Gasteiger partial charge in [0.05, 0.1) is 20.3 Å². The van der Waals surface area contributed by atoms with E-state index in [1.54, 1.807) is 7.11 Å². The standard InChI is InChI=1S/C27H35N3O2/c1-23-7-3-4-9-25(23)21-29(14-13-28-15-17-32-18-16-28)22-26-10-6-12-30(26)20-24-8-5-11-27(19-24)31-2/h3-12,19H,13-18,20-22H2,1-2H3. The van der Waals surface area contributed by atoms with Gasteiger partial charge in [-0.3, -0.25) is 9.80 Å². The second-order valence-corrected chi connectivity index (χ2v) is 8.57. The number of nitrogens with zero attached hydrogens (tertiary/aromatic N) is 3. The highest BCUT2D eigenvalue weighted by atomic mass is 16.5. The summed E-state index contributed by atoms with van der Waals surface area (Å²) in [5.74, 6) is 0.905. The second kappa shape index (κ2) is 11.3. The molecule has 5 heteroatoms. The summed E-state index contributed by atoms with van der Waals surface area (Å²) in [6, 6.07) is 21.5. The lowest BCUT2D eigenvalue weighted by Gasteiger charge is -2.30. The van der Waals surface area contributed by atoms with Gasteiger partial charge in [-0.2, -0.15) is 0 Å². The number of methoxy groups -OCH3 is 1. The molecule has 0 saturated carbocycles. The molecule has 170 valence electrons. The Morgan fingerprint density at radius 2 is 1.81 bits per heavy atom. The molecular weight excluding hydrogens is 398 g/mol. The van der Waals surface area contributed by atoms with Gasteiger partial charge in [-0.1, -0.05) is 36.4 Å². The SMILES string of the molecule is COc1cccc(Cn2cccc2CN(CCN2CCOCC2)Cc2ccccc2C)c1. The van der Waals surface area contributed by atoms with E-state index in [4.69, 9.17) is 9.47 Å². The number of hydrogen-bond acceptors (Lipinski definition) is 4. The highest BCUT2D eigenvalue weighted by molar-refractivity contribution is 5.29. The van der Waals surface area contributed by atoms with Gasteiger partial charge in [-0.25, -0.2) is 0 Å². The van der Waals surface area contributed by atoms with Crippen molar-refractivity contribution in [2.45, 2.75) is 26.6 Å². The first-order valence-electron chi connectivity index (χ1n) is 11.5. The molecule has 1 saturated heterocycles. The molecular formula is C27H35N3O2. The van der Waals surface area contributed by atoms with Crippen molar-refractivity contribution in [1.82, 2.24) is 14.4 Å². The van der Waals surface area contributed by atoms with E-state index < -0.39 is 0 Å². The normalized spacial score (nSPS) is 14.7. The van der Waals surface area contributed by atoms with Crippen LogP contribution >= 0.6 is 0 Å². The Hall–Kier alpha value is -2.60. The zero-order valence-corrected chi connectivity index (χ0v) is 19.4. The molecule has 5 nitrogen and oxygen atoms in total. The molecule has 32 heavy (non-hydrogen) atoms. The van der Waals surface area contributed by atoms with Crippen LogP contribution in [0.3, 0.4) is 0 Å². The van der Waals surface area contributed by atoms with Crippen LogP contribution in [0.5, 0.6) is 5.75 Å². The number of benzene rings is 2. The number of aromatic nitrogens is 1. The summed E-state index contributed by atoms with van der Waals surface area (Å²) in [5, 5.41) is 0. The van der Waals surface area contributed by atoms with Gasteiger partial charge in [0.1, 0.15) is 5.75 Å². The average molecular weight is 434 g/mol. The number of ether oxygens (including phenoxy) is 2. The van der Waals surface area contributed by atoms with Crippen molar-refractivity contribution in [2.24, 2.45) is 0 Å². The summed E-state index contributed by atoms with van der Waals surface area (Å²) in [5.41, 5.74) is 5.35. The number of aryl methyl sites for hydroxylation is 1. The maximum Gasteiger partial charge on any atom is 0.119 e. The Morgan fingerprint density at radius 1 is 0.969 bits per heavy atom. The molecule has 0 spiro atoms. The van der Waals surface area contributed by atoms with E-state index >= 15 is 0 Å². The van der Waals surface area contributed by atoms with Crippen molar-refractivity contribution in [2.75, 3.05) is 46.5 Å². The largest absolute Gasteiger partial charge is 0.497 e. The minimum Gasteiger partial charge on any atom is -0.497 e. The predicted octanol–water partition coefficient (Wildman–Crippen LogP) is 4.19. The molecule has 1 aromatic heterocycles. The van der Waals surface area contributed by atoms with Gasteiger partial charge in [-0.05, 0) is 47.9 Å². The second-order valence-electron chi connectivity index (χ2n) is 8.57. The first-order chi connectivity index (χ1) is 15.7. The van der Waals surface area contributed by atoms with E-state index in [1.165, 1.54) is 22.4 Å². The van der Waals surface area contributed by atoms with Gasteiger partial charge in [0.2, 0.25) is 0 Å². The number of hydrogen-bond donors (Lipinski definition) is 0. The van der Waals surface area contributed by atoms with Crippen LogP contribution in [-0.2, 0) is 24.4 Å². The molecule has 0 amide bonds. The average Bonchev–Trinajstić information content (AvgIpc) is 3.26. The van der Waals surface area contributed by atoms with Crippen molar-refractivity contribution in [3.8, 4) is 5.75 Å². The third kappa shape index (κ3) is 6.22. The van der Waals surface area contributed by atoms with Crippen molar-refractivity contribution in [1.29, 1.82) is 0 Å². The van der Waals surface area contributed by atoms with E-state index in [9.17, 15) is 0 Å². The van der Waals surface area contributed by atoms with Gasteiger partial charge in [-0.15, -0.1) is 0 Å². The van der Waals surface area contributed by atoms with E-state index in [0.29, 0.717) is 0 Å². The Balaban J connectivity index is 1.47. The highest BCUT2D eigenvalue weighted by Gasteiger charge is 2.15. The molecule has 0 radical (unpaired) electrons. The maximum atomic E-state index is 5.52. The van der Waals surface area contributed by atoms with Crippen LogP contribution < -0.4 is 4.74 Å². The minimum absolute atomic E-state index is 0.848. The summed E-state index contributed by atoms with van der Waals surface area (Å²) < 4.78 is 13.3. The zero-order chi connectivity index (χ0) is 22.2. The van der Waals surface area contributed by atoms with Crippen LogP contribution in [0.25, 0.3) is 0 Å². The summed E-state index contributed by atoms with van der Waals surface area (Å²) >= 11 is 0. The third-order valence-electron chi connectivity index (χ3n) is 6.29. The Kier molecular flexibility index (Phi) is 7.99. The lowest BCUT2D eigenvalue weighted by atomic mass is 10.1. The van der Waals surface area contributed by atoms with Gasteiger partial charge < -0.3 is 14.0 Å². The summed E-state index contributed by atoms with van der Waals surface area (Å²) in [6.45, 7) is 10.8. The molecule has 1 aliphatic rings. The molecule has 1 aliphatic heterocycles. The van der Waals surface area contributed by atoms with Gasteiger partial charge in [0, 0.05) is 57.7 Å². The van der Waals surface area contributed by atoms with Gasteiger partial charge >= 0.3 is 0 Å². The van der Waals surface area contributed by atoms with Crippen molar-refractivity contribution in [3.05, 3.63) is 89.2 Å². The smallest absolute Gasteiger partial charge is 0.119 e. The fraction of sp³-hybridized carbons (Fsp3) is 0.407. The number of rotatable bonds is 10. The van der Waals surface area contributed by atoms with Crippen molar-refractivity contribution in [3.63, 3.8) is 0 Å². The number of morpholine rings is 1. The topological polar surface area (TPSA) is 29.9 Å². The Morgan fingerprint density at radius 3 is 2.62 bits per heavy atom. The Bertz CT molecular complexity index is 978. The molecule has 0 atom stereocenters. The van der Waals surface area contributed by atoms with Crippen LogP contribution in [0.15, 0.2) is 66.9 Å². The van der Waals surface area contributed by atoms with Crippen LogP contribution in [0, 0.1) is 6.92 Å². The van der Waals surface area contributed by atoms with Crippen LogP contribution in [0.4, 0.5) is 0 Å².